The molecule has 0 bridgehead atoms. The third-order valence-electron chi connectivity index (χ3n) is 5.85. The fraction of sp³-hybridized carbons (Fsp3) is 0.348. The number of benzene rings is 2. The molecule has 4 rings (SSSR count). The quantitative estimate of drug-likeness (QED) is 0.607. The second-order valence-electron chi connectivity index (χ2n) is 7.67. The van der Waals surface area contributed by atoms with Gasteiger partial charge < -0.3 is 4.90 Å². The number of hydrogen-bond acceptors (Lipinski definition) is 3. The second-order valence-corrected chi connectivity index (χ2v) is 7.67. The monoisotopic (exact) mass is 408 g/mol. The molecule has 156 valence electrons. The van der Waals surface area contributed by atoms with Crippen LogP contribution in [0.1, 0.15) is 30.1 Å². The van der Waals surface area contributed by atoms with E-state index in [-0.39, 0.29) is 23.5 Å². The van der Waals surface area contributed by atoms with Crippen molar-refractivity contribution >= 4 is 28.4 Å². The van der Waals surface area contributed by atoms with Crippen LogP contribution in [-0.4, -0.2) is 46.1 Å². The summed E-state index contributed by atoms with van der Waals surface area (Å²) >= 11 is 0. The van der Waals surface area contributed by atoms with E-state index in [0.717, 1.165) is 10.9 Å². The Hall–Kier alpha value is -3.22. The zero-order valence-electron chi connectivity index (χ0n) is 17.2. The van der Waals surface area contributed by atoms with E-state index in [1.54, 1.807) is 32.8 Å². The number of halogens is 1. The molecule has 0 radical (unpaired) electrons. The van der Waals surface area contributed by atoms with Crippen LogP contribution in [0.2, 0.25) is 0 Å². The van der Waals surface area contributed by atoms with Crippen molar-refractivity contribution in [3.63, 3.8) is 0 Å². The lowest BCUT2D eigenvalue weighted by atomic mass is 9.88. The molecule has 1 saturated heterocycles. The van der Waals surface area contributed by atoms with E-state index >= 15 is 0 Å². The maximum absolute atomic E-state index is 13.2. The van der Waals surface area contributed by atoms with Crippen LogP contribution < -0.4 is 4.90 Å². The van der Waals surface area contributed by atoms with Gasteiger partial charge in [-0.25, -0.2) is 9.18 Å². The van der Waals surface area contributed by atoms with Crippen molar-refractivity contribution in [1.82, 2.24) is 14.7 Å². The van der Waals surface area contributed by atoms with Crippen LogP contribution >= 0.6 is 0 Å². The summed E-state index contributed by atoms with van der Waals surface area (Å²) in [6.45, 7) is 3.45. The summed E-state index contributed by atoms with van der Waals surface area (Å²) in [4.78, 5) is 29.4. The van der Waals surface area contributed by atoms with Gasteiger partial charge in [0.1, 0.15) is 5.82 Å². The predicted molar refractivity (Wildman–Crippen MR) is 114 cm³/mol. The first-order valence-corrected chi connectivity index (χ1v) is 10.3. The highest BCUT2D eigenvalue weighted by atomic mass is 19.1. The molecule has 2 aromatic carbocycles. The van der Waals surface area contributed by atoms with Gasteiger partial charge in [0.15, 0.2) is 5.78 Å². The molecular weight excluding hydrogens is 383 g/mol. The van der Waals surface area contributed by atoms with E-state index in [9.17, 15) is 14.0 Å². The first-order chi connectivity index (χ1) is 14.5. The van der Waals surface area contributed by atoms with E-state index in [4.69, 9.17) is 0 Å². The van der Waals surface area contributed by atoms with E-state index in [1.165, 1.54) is 12.1 Å². The van der Waals surface area contributed by atoms with Crippen LogP contribution in [-0.2, 0) is 7.05 Å². The number of Topliss-reactive ketones (excluding diaryl/α,β-unsaturated/α-hetero) is 1. The molecule has 3 aromatic rings. The number of fused-ring (bicyclic) bond motifs is 1. The van der Waals surface area contributed by atoms with Crippen LogP contribution in [0.15, 0.2) is 48.7 Å². The van der Waals surface area contributed by atoms with Gasteiger partial charge in [-0.05, 0) is 62.2 Å². The molecule has 0 spiro atoms. The minimum absolute atomic E-state index is 0.0935. The van der Waals surface area contributed by atoms with Crippen molar-refractivity contribution in [2.24, 2.45) is 13.0 Å². The van der Waals surface area contributed by atoms with Gasteiger partial charge in [0, 0.05) is 49.2 Å². The summed E-state index contributed by atoms with van der Waals surface area (Å²) in [6.07, 6.45) is 3.04. The van der Waals surface area contributed by atoms with E-state index < -0.39 is 0 Å². The number of rotatable bonds is 4. The van der Waals surface area contributed by atoms with E-state index in [2.05, 4.69) is 5.10 Å². The van der Waals surface area contributed by atoms with E-state index in [0.29, 0.717) is 43.7 Å². The number of carbonyl (C=O) groups is 2. The van der Waals surface area contributed by atoms with Gasteiger partial charge in [-0.2, -0.15) is 5.10 Å². The number of nitrogens with zero attached hydrogens (tertiary/aromatic N) is 4. The molecule has 2 amide bonds. The number of carbonyl (C=O) groups excluding carboxylic acids is 2. The number of aromatic nitrogens is 2. The number of aryl methyl sites for hydroxylation is 1. The van der Waals surface area contributed by atoms with Crippen LogP contribution in [0.4, 0.5) is 14.9 Å². The third kappa shape index (κ3) is 3.79. The van der Waals surface area contributed by atoms with Crippen molar-refractivity contribution in [1.29, 1.82) is 0 Å². The topological polar surface area (TPSA) is 58.4 Å². The number of ketones is 1. The Morgan fingerprint density at radius 1 is 1.13 bits per heavy atom. The van der Waals surface area contributed by atoms with Crippen molar-refractivity contribution in [3.05, 3.63) is 60.0 Å². The van der Waals surface area contributed by atoms with Crippen molar-refractivity contribution in [3.8, 4) is 0 Å². The second kappa shape index (κ2) is 8.26. The molecule has 6 nitrogen and oxygen atoms in total. The summed E-state index contributed by atoms with van der Waals surface area (Å²) in [6, 6.07) is 11.5. The van der Waals surface area contributed by atoms with Gasteiger partial charge in [-0.3, -0.25) is 14.4 Å². The molecule has 30 heavy (non-hydrogen) atoms. The Bertz CT molecular complexity index is 1070. The molecule has 0 atom stereocenters. The van der Waals surface area contributed by atoms with Crippen LogP contribution in [0.5, 0.6) is 0 Å². The van der Waals surface area contributed by atoms with Crippen LogP contribution in [0.3, 0.4) is 0 Å². The average Bonchev–Trinajstić information content (AvgIpc) is 3.15. The number of hydrogen-bond donors (Lipinski definition) is 0. The molecule has 1 fully saturated rings. The minimum Gasteiger partial charge on any atom is -0.324 e. The smallest absolute Gasteiger partial charge is 0.324 e. The lowest BCUT2D eigenvalue weighted by Gasteiger charge is -2.35. The molecule has 7 heteroatoms. The molecule has 2 heterocycles. The standard InChI is InChI=1S/C23H25FN4O2/c1-3-28(20-7-5-19(24)6-8-20)23(30)27-12-10-16(11-13-27)22(29)17-4-9-21-18(14-17)15-25-26(21)2/h4-9,14-16H,3,10-13H2,1-2H3. The Morgan fingerprint density at radius 3 is 2.50 bits per heavy atom. The van der Waals surface area contributed by atoms with E-state index in [1.807, 2.05) is 32.2 Å². The molecule has 0 unspecified atom stereocenters. The molecule has 1 aliphatic rings. The highest BCUT2D eigenvalue weighted by molar-refractivity contribution is 6.01. The molecule has 0 aliphatic carbocycles. The van der Waals surface area contributed by atoms with Gasteiger partial charge in [0.2, 0.25) is 0 Å². The summed E-state index contributed by atoms with van der Waals surface area (Å²) in [5.74, 6) is -0.297. The highest BCUT2D eigenvalue weighted by Gasteiger charge is 2.30. The average molecular weight is 408 g/mol. The summed E-state index contributed by atoms with van der Waals surface area (Å²) in [5.41, 5.74) is 2.36. The van der Waals surface area contributed by atoms with Crippen molar-refractivity contribution in [2.75, 3.05) is 24.5 Å². The first-order valence-electron chi connectivity index (χ1n) is 10.3. The Balaban J connectivity index is 1.41. The van der Waals surface area contributed by atoms with Gasteiger partial charge >= 0.3 is 6.03 Å². The lowest BCUT2D eigenvalue weighted by Crippen LogP contribution is -2.47. The number of piperidine rings is 1. The number of likely N-dealkylation sites (tertiary alicyclic amines) is 1. The maximum atomic E-state index is 13.2. The van der Waals surface area contributed by atoms with Gasteiger partial charge in [-0.15, -0.1) is 0 Å². The Labute approximate surface area is 174 Å². The number of urea groups is 1. The Morgan fingerprint density at radius 2 is 1.83 bits per heavy atom. The SMILES string of the molecule is CCN(C(=O)N1CCC(C(=O)c2ccc3c(cnn3C)c2)CC1)c1ccc(F)cc1. The molecule has 1 aliphatic heterocycles. The highest BCUT2D eigenvalue weighted by Crippen LogP contribution is 2.26. The maximum Gasteiger partial charge on any atom is 0.324 e. The van der Waals surface area contributed by atoms with Gasteiger partial charge in [-0.1, -0.05) is 0 Å². The number of anilines is 1. The Kier molecular flexibility index (Phi) is 5.53. The van der Waals surface area contributed by atoms with Crippen LogP contribution in [0.25, 0.3) is 10.9 Å². The minimum atomic E-state index is -0.328. The summed E-state index contributed by atoms with van der Waals surface area (Å²) in [7, 11) is 1.88. The molecule has 0 N–H and O–H groups in total. The van der Waals surface area contributed by atoms with Crippen molar-refractivity contribution < 1.29 is 14.0 Å². The zero-order valence-corrected chi connectivity index (χ0v) is 17.2. The lowest BCUT2D eigenvalue weighted by molar-refractivity contribution is 0.0857. The van der Waals surface area contributed by atoms with Gasteiger partial charge in [0.25, 0.3) is 0 Å². The zero-order chi connectivity index (χ0) is 21.3. The molecule has 1 aromatic heterocycles. The third-order valence-corrected chi connectivity index (χ3v) is 5.85. The largest absolute Gasteiger partial charge is 0.324 e. The predicted octanol–water partition coefficient (Wildman–Crippen LogP) is 4.25. The fourth-order valence-corrected chi connectivity index (χ4v) is 4.11. The summed E-state index contributed by atoms with van der Waals surface area (Å²) < 4.78 is 15.0. The first kappa shape index (κ1) is 20.1. The summed E-state index contributed by atoms with van der Waals surface area (Å²) in [5, 5.41) is 5.18. The van der Waals surface area contributed by atoms with Crippen LogP contribution in [0, 0.1) is 11.7 Å². The molecular formula is C23H25FN4O2. The normalized spacial score (nSPS) is 14.8. The number of amides is 2. The fourth-order valence-electron chi connectivity index (χ4n) is 4.11. The molecule has 0 saturated carbocycles. The van der Waals surface area contributed by atoms with Crippen molar-refractivity contribution in [2.45, 2.75) is 19.8 Å². The van der Waals surface area contributed by atoms with Gasteiger partial charge in [0.05, 0.1) is 11.7 Å².